The van der Waals surface area contributed by atoms with Gasteiger partial charge in [0.05, 0.1) is 5.92 Å². The van der Waals surface area contributed by atoms with Crippen LogP contribution in [0.15, 0.2) is 42.9 Å². The molecule has 8 nitrogen and oxygen atoms in total. The number of piperidine rings is 1. The van der Waals surface area contributed by atoms with E-state index in [2.05, 4.69) is 30.4 Å². The van der Waals surface area contributed by atoms with Gasteiger partial charge in [0.15, 0.2) is 5.65 Å². The van der Waals surface area contributed by atoms with Crippen LogP contribution in [0.4, 0.5) is 5.95 Å². The van der Waals surface area contributed by atoms with E-state index in [1.165, 1.54) is 0 Å². The number of aryl methyl sites for hydroxylation is 1. The molecule has 4 heterocycles. The lowest BCUT2D eigenvalue weighted by Crippen LogP contribution is -2.43. The molecule has 1 unspecified atom stereocenters. The number of hydrogen-bond acceptors (Lipinski definition) is 6. The van der Waals surface area contributed by atoms with Crippen molar-refractivity contribution in [2.75, 3.05) is 24.5 Å². The summed E-state index contributed by atoms with van der Waals surface area (Å²) in [6.07, 6.45) is 8.93. The second-order valence-corrected chi connectivity index (χ2v) is 6.77. The molecule has 27 heavy (non-hydrogen) atoms. The van der Waals surface area contributed by atoms with Crippen molar-refractivity contribution in [1.29, 1.82) is 0 Å². The zero-order chi connectivity index (χ0) is 18.5. The SMILES string of the molecule is O=C(NCCCc1nnc2ccccn12)C1CCCN(c2ncccn2)C1. The normalized spacial score (nSPS) is 17.2. The fraction of sp³-hybridized carbons (Fsp3) is 0.421. The highest BCUT2D eigenvalue weighted by molar-refractivity contribution is 5.79. The van der Waals surface area contributed by atoms with E-state index < -0.39 is 0 Å². The molecule has 0 aromatic carbocycles. The zero-order valence-corrected chi connectivity index (χ0v) is 15.2. The maximum atomic E-state index is 12.5. The highest BCUT2D eigenvalue weighted by Crippen LogP contribution is 2.20. The van der Waals surface area contributed by atoms with Gasteiger partial charge in [-0.25, -0.2) is 9.97 Å². The molecule has 4 rings (SSSR count). The average molecular weight is 365 g/mol. The number of carbonyl (C=O) groups excluding carboxylic acids is 1. The number of rotatable bonds is 6. The van der Waals surface area contributed by atoms with Gasteiger partial charge in [0.1, 0.15) is 5.82 Å². The van der Waals surface area contributed by atoms with Gasteiger partial charge in [-0.3, -0.25) is 9.20 Å². The summed E-state index contributed by atoms with van der Waals surface area (Å²) in [6.45, 7) is 2.21. The van der Waals surface area contributed by atoms with Gasteiger partial charge in [0.25, 0.3) is 0 Å². The van der Waals surface area contributed by atoms with Crippen LogP contribution in [0.2, 0.25) is 0 Å². The van der Waals surface area contributed by atoms with Crippen molar-refractivity contribution < 1.29 is 4.79 Å². The van der Waals surface area contributed by atoms with Crippen molar-refractivity contribution in [2.45, 2.75) is 25.7 Å². The van der Waals surface area contributed by atoms with E-state index in [1.54, 1.807) is 18.5 Å². The molecule has 1 atom stereocenters. The third-order valence-corrected chi connectivity index (χ3v) is 4.89. The van der Waals surface area contributed by atoms with Crippen molar-refractivity contribution >= 4 is 17.5 Å². The number of carbonyl (C=O) groups is 1. The molecule has 1 saturated heterocycles. The first-order valence-corrected chi connectivity index (χ1v) is 9.39. The number of nitrogens with zero attached hydrogens (tertiary/aromatic N) is 6. The van der Waals surface area contributed by atoms with E-state index in [0.29, 0.717) is 19.0 Å². The van der Waals surface area contributed by atoms with E-state index >= 15 is 0 Å². The van der Waals surface area contributed by atoms with Crippen molar-refractivity contribution in [3.8, 4) is 0 Å². The van der Waals surface area contributed by atoms with Gasteiger partial charge in [-0.05, 0) is 37.5 Å². The maximum Gasteiger partial charge on any atom is 0.225 e. The van der Waals surface area contributed by atoms with Gasteiger partial charge < -0.3 is 10.2 Å². The van der Waals surface area contributed by atoms with E-state index in [1.807, 2.05) is 28.8 Å². The fourth-order valence-corrected chi connectivity index (χ4v) is 3.49. The van der Waals surface area contributed by atoms with Crippen LogP contribution in [-0.4, -0.2) is 50.1 Å². The molecule has 1 amide bonds. The first kappa shape index (κ1) is 17.4. The largest absolute Gasteiger partial charge is 0.356 e. The number of pyridine rings is 1. The average Bonchev–Trinajstić information content (AvgIpc) is 3.15. The van der Waals surface area contributed by atoms with Crippen LogP contribution in [0.5, 0.6) is 0 Å². The highest BCUT2D eigenvalue weighted by atomic mass is 16.1. The first-order valence-electron chi connectivity index (χ1n) is 9.39. The Balaban J connectivity index is 1.25. The standard InChI is InChI=1S/C19H23N7O/c27-18(15-6-4-12-25(14-15)19-21-10-5-11-22-19)20-9-3-8-17-24-23-16-7-1-2-13-26(16)17/h1-2,5,7,10-11,13,15H,3-4,6,8-9,12,14H2,(H,20,27). The number of amides is 1. The van der Waals surface area contributed by atoms with Crippen molar-refractivity contribution in [1.82, 2.24) is 29.9 Å². The van der Waals surface area contributed by atoms with Gasteiger partial charge in [-0.1, -0.05) is 6.07 Å². The van der Waals surface area contributed by atoms with Crippen molar-refractivity contribution in [3.05, 3.63) is 48.7 Å². The molecule has 0 spiro atoms. The minimum Gasteiger partial charge on any atom is -0.356 e. The first-order chi connectivity index (χ1) is 13.3. The second kappa shape index (κ2) is 8.11. The van der Waals surface area contributed by atoms with Crippen LogP contribution >= 0.6 is 0 Å². The minimum atomic E-state index is -0.0171. The van der Waals surface area contributed by atoms with Gasteiger partial charge in [-0.2, -0.15) is 0 Å². The summed E-state index contributed by atoms with van der Waals surface area (Å²) >= 11 is 0. The molecule has 1 fully saturated rings. The Bertz CT molecular complexity index is 895. The Morgan fingerprint density at radius 1 is 1.19 bits per heavy atom. The van der Waals surface area contributed by atoms with Crippen LogP contribution < -0.4 is 10.2 Å². The Hall–Kier alpha value is -3.03. The van der Waals surface area contributed by atoms with Gasteiger partial charge in [0.2, 0.25) is 11.9 Å². The van der Waals surface area contributed by atoms with Crippen molar-refractivity contribution in [2.24, 2.45) is 5.92 Å². The predicted octanol–water partition coefficient (Wildman–Crippen LogP) is 1.48. The summed E-state index contributed by atoms with van der Waals surface area (Å²) in [5.74, 6) is 1.72. The Kier molecular flexibility index (Phi) is 5.22. The second-order valence-electron chi connectivity index (χ2n) is 6.77. The topological polar surface area (TPSA) is 88.3 Å². The smallest absolute Gasteiger partial charge is 0.225 e. The quantitative estimate of drug-likeness (QED) is 0.666. The molecule has 1 aliphatic rings. The molecule has 0 radical (unpaired) electrons. The molecular weight excluding hydrogens is 342 g/mol. The summed E-state index contributed by atoms with van der Waals surface area (Å²) in [6, 6.07) is 7.65. The molecule has 0 saturated carbocycles. The maximum absolute atomic E-state index is 12.5. The summed E-state index contributed by atoms with van der Waals surface area (Å²) < 4.78 is 1.99. The summed E-state index contributed by atoms with van der Waals surface area (Å²) in [5.41, 5.74) is 0.849. The summed E-state index contributed by atoms with van der Waals surface area (Å²) in [4.78, 5) is 23.2. The monoisotopic (exact) mass is 365 g/mol. The Labute approximate surface area is 157 Å². The summed E-state index contributed by atoms with van der Waals surface area (Å²) in [7, 11) is 0. The predicted molar refractivity (Wildman–Crippen MR) is 101 cm³/mol. The van der Waals surface area contributed by atoms with E-state index in [0.717, 1.165) is 43.7 Å². The number of nitrogens with one attached hydrogen (secondary N) is 1. The van der Waals surface area contributed by atoms with E-state index in [4.69, 9.17) is 0 Å². The molecule has 1 aliphatic heterocycles. The van der Waals surface area contributed by atoms with Crippen LogP contribution in [0.1, 0.15) is 25.1 Å². The lowest BCUT2D eigenvalue weighted by molar-refractivity contribution is -0.125. The zero-order valence-electron chi connectivity index (χ0n) is 15.2. The molecule has 3 aromatic rings. The lowest BCUT2D eigenvalue weighted by Gasteiger charge is -2.31. The van der Waals surface area contributed by atoms with Crippen LogP contribution in [0.25, 0.3) is 5.65 Å². The molecule has 1 N–H and O–H groups in total. The van der Waals surface area contributed by atoms with Gasteiger partial charge in [-0.15, -0.1) is 10.2 Å². The summed E-state index contributed by atoms with van der Waals surface area (Å²) in [5, 5.41) is 11.4. The van der Waals surface area contributed by atoms with Gasteiger partial charge >= 0.3 is 0 Å². The van der Waals surface area contributed by atoms with Crippen LogP contribution in [0.3, 0.4) is 0 Å². The third-order valence-electron chi connectivity index (χ3n) is 4.89. The van der Waals surface area contributed by atoms with E-state index in [9.17, 15) is 4.79 Å². The Morgan fingerprint density at radius 2 is 2.07 bits per heavy atom. The van der Waals surface area contributed by atoms with Crippen LogP contribution in [-0.2, 0) is 11.2 Å². The Morgan fingerprint density at radius 3 is 2.96 bits per heavy atom. The minimum absolute atomic E-state index is 0.0171. The number of anilines is 1. The van der Waals surface area contributed by atoms with Crippen LogP contribution in [0, 0.1) is 5.92 Å². The fourth-order valence-electron chi connectivity index (χ4n) is 3.49. The molecule has 0 bridgehead atoms. The third kappa shape index (κ3) is 4.05. The van der Waals surface area contributed by atoms with Crippen molar-refractivity contribution in [3.63, 3.8) is 0 Å². The number of aromatic nitrogens is 5. The van der Waals surface area contributed by atoms with Gasteiger partial charge in [0, 0.05) is 44.6 Å². The molecule has 3 aromatic heterocycles. The molecule has 140 valence electrons. The number of hydrogen-bond donors (Lipinski definition) is 1. The molecular formula is C19H23N7O. The molecule has 0 aliphatic carbocycles. The molecule has 8 heteroatoms. The van der Waals surface area contributed by atoms with E-state index in [-0.39, 0.29) is 11.8 Å². The lowest BCUT2D eigenvalue weighted by atomic mass is 9.97. The highest BCUT2D eigenvalue weighted by Gasteiger charge is 2.26. The number of fused-ring (bicyclic) bond motifs is 1.